The first-order chi connectivity index (χ1) is 17.7. The number of hydrogen-bond donors (Lipinski definition) is 0. The van der Waals surface area contributed by atoms with Crippen molar-refractivity contribution in [1.29, 1.82) is 0 Å². The molecule has 1 saturated heterocycles. The van der Waals surface area contributed by atoms with E-state index in [2.05, 4.69) is 62.6 Å². The van der Waals surface area contributed by atoms with Crippen LogP contribution in [-0.4, -0.2) is 44.3 Å². The summed E-state index contributed by atoms with van der Waals surface area (Å²) in [7, 11) is 0. The number of halogens is 3. The molecule has 0 spiro atoms. The summed E-state index contributed by atoms with van der Waals surface area (Å²) in [6.45, 7) is 8.49. The van der Waals surface area contributed by atoms with Gasteiger partial charge in [-0.1, -0.05) is 56.3 Å². The number of piperazine rings is 1. The monoisotopic (exact) mass is 556 g/mol. The molecule has 1 fully saturated rings. The maximum atomic E-state index is 13.8. The Morgan fingerprint density at radius 3 is 2.32 bits per heavy atom. The Bertz CT molecular complexity index is 1270. The number of rotatable bonds is 8. The second-order valence-electron chi connectivity index (χ2n) is 9.27. The van der Waals surface area contributed by atoms with Gasteiger partial charge in [-0.05, 0) is 36.1 Å². The van der Waals surface area contributed by atoms with E-state index in [0.29, 0.717) is 0 Å². The Labute approximate surface area is 236 Å². The van der Waals surface area contributed by atoms with Crippen LogP contribution < -0.4 is 4.90 Å². The van der Waals surface area contributed by atoms with Crippen molar-refractivity contribution in [2.24, 2.45) is 0 Å². The molecule has 9 heteroatoms. The van der Waals surface area contributed by atoms with Gasteiger partial charge in [0, 0.05) is 49.8 Å². The van der Waals surface area contributed by atoms with E-state index in [4.69, 9.17) is 5.10 Å². The predicted octanol–water partition coefficient (Wildman–Crippen LogP) is 5.89. The molecule has 4 aromatic rings. The van der Waals surface area contributed by atoms with Crippen LogP contribution in [0.15, 0.2) is 73.2 Å². The molecule has 2 aromatic carbocycles. The molecule has 0 aliphatic carbocycles. The fourth-order valence-corrected chi connectivity index (χ4v) is 5.22. The van der Waals surface area contributed by atoms with Gasteiger partial charge in [0.1, 0.15) is 11.6 Å². The highest BCUT2D eigenvalue weighted by molar-refractivity contribution is 5.85. The molecule has 0 bridgehead atoms. The van der Waals surface area contributed by atoms with Crippen LogP contribution in [0.2, 0.25) is 0 Å². The molecule has 0 amide bonds. The maximum absolute atomic E-state index is 13.8. The summed E-state index contributed by atoms with van der Waals surface area (Å²) in [6.07, 6.45) is 7.07. The molecule has 6 nitrogen and oxygen atoms in total. The van der Waals surface area contributed by atoms with Gasteiger partial charge in [0.05, 0.1) is 24.5 Å². The van der Waals surface area contributed by atoms with Crippen LogP contribution in [0.5, 0.6) is 0 Å². The van der Waals surface area contributed by atoms with Crippen LogP contribution in [0.1, 0.15) is 48.0 Å². The first kappa shape index (κ1) is 29.6. The van der Waals surface area contributed by atoms with Gasteiger partial charge in [-0.25, -0.2) is 9.37 Å². The smallest absolute Gasteiger partial charge is 0.147 e. The van der Waals surface area contributed by atoms with Gasteiger partial charge in [0.15, 0.2) is 0 Å². The minimum absolute atomic E-state index is 0. The molecule has 38 heavy (non-hydrogen) atoms. The first-order valence-electron chi connectivity index (χ1n) is 12.8. The number of aromatic nitrogens is 4. The highest BCUT2D eigenvalue weighted by Crippen LogP contribution is 2.31. The molecule has 0 saturated carbocycles. The molecular weight excluding hydrogens is 522 g/mol. The van der Waals surface area contributed by atoms with Crippen LogP contribution in [0.3, 0.4) is 0 Å². The summed E-state index contributed by atoms with van der Waals surface area (Å²) in [5.41, 5.74) is 6.15. The summed E-state index contributed by atoms with van der Waals surface area (Å²) in [5.74, 6) is 0.666. The number of anilines is 1. The molecule has 202 valence electrons. The number of hydrogen-bond acceptors (Lipinski definition) is 5. The number of benzene rings is 2. The number of aryl methyl sites for hydroxylation is 1. The van der Waals surface area contributed by atoms with Gasteiger partial charge in [-0.2, -0.15) is 5.10 Å². The van der Waals surface area contributed by atoms with Crippen molar-refractivity contribution in [2.45, 2.75) is 45.8 Å². The topological polar surface area (TPSA) is 50.1 Å². The standard InChI is InChI=1S/C29H33FN6.2ClH/c1-3-26-25(27(4-2)36(33-26)19-22-8-6-5-7-9-22)20-34-16-17-35(29-18-31-14-15-32-29)21-28(34)23-10-12-24(30)13-11-23;;/h5-15,18,28H,3-4,16-17,19-21H2,1-2H3;2*1H. The van der Waals surface area contributed by atoms with E-state index in [9.17, 15) is 4.39 Å². The Morgan fingerprint density at radius 2 is 1.66 bits per heavy atom. The summed E-state index contributed by atoms with van der Waals surface area (Å²) >= 11 is 0. The summed E-state index contributed by atoms with van der Waals surface area (Å²) < 4.78 is 16.0. The third kappa shape index (κ3) is 6.52. The lowest BCUT2D eigenvalue weighted by atomic mass is 10.00. The molecule has 1 atom stereocenters. The Balaban J connectivity index is 0.00000200. The highest BCUT2D eigenvalue weighted by Gasteiger charge is 2.31. The van der Waals surface area contributed by atoms with Crippen LogP contribution in [0.4, 0.5) is 10.2 Å². The zero-order chi connectivity index (χ0) is 24.9. The Morgan fingerprint density at radius 1 is 0.895 bits per heavy atom. The zero-order valence-corrected chi connectivity index (χ0v) is 23.5. The summed E-state index contributed by atoms with van der Waals surface area (Å²) in [5, 5.41) is 5.04. The van der Waals surface area contributed by atoms with E-state index in [1.807, 2.05) is 24.4 Å². The average Bonchev–Trinajstić information content (AvgIpc) is 3.26. The van der Waals surface area contributed by atoms with Crippen molar-refractivity contribution in [1.82, 2.24) is 24.6 Å². The SMILES string of the molecule is CCc1nn(Cc2ccccc2)c(CC)c1CN1CCN(c2cnccn2)CC1c1ccc(F)cc1.Cl.Cl. The van der Waals surface area contributed by atoms with Crippen molar-refractivity contribution in [2.75, 3.05) is 24.5 Å². The van der Waals surface area contributed by atoms with E-state index in [1.165, 1.54) is 16.8 Å². The van der Waals surface area contributed by atoms with Crippen LogP contribution in [-0.2, 0) is 25.9 Å². The number of nitrogens with zero attached hydrogens (tertiary/aromatic N) is 6. The van der Waals surface area contributed by atoms with Gasteiger partial charge in [-0.3, -0.25) is 14.6 Å². The fourth-order valence-electron chi connectivity index (χ4n) is 5.22. The van der Waals surface area contributed by atoms with E-state index in [-0.39, 0.29) is 36.7 Å². The van der Waals surface area contributed by atoms with Gasteiger partial charge in [0.2, 0.25) is 0 Å². The lowest BCUT2D eigenvalue weighted by molar-refractivity contribution is 0.167. The third-order valence-electron chi connectivity index (χ3n) is 7.08. The van der Waals surface area contributed by atoms with E-state index in [0.717, 1.165) is 62.6 Å². The maximum Gasteiger partial charge on any atom is 0.147 e. The Hall–Kier alpha value is -3.00. The minimum Gasteiger partial charge on any atom is -0.352 e. The average molecular weight is 558 g/mol. The van der Waals surface area contributed by atoms with Gasteiger partial charge < -0.3 is 4.90 Å². The molecule has 0 N–H and O–H groups in total. The third-order valence-corrected chi connectivity index (χ3v) is 7.08. The molecule has 3 heterocycles. The van der Waals surface area contributed by atoms with Crippen LogP contribution in [0, 0.1) is 5.82 Å². The van der Waals surface area contributed by atoms with Crippen LogP contribution >= 0.6 is 24.8 Å². The Kier molecular flexibility index (Phi) is 10.6. The molecule has 2 aromatic heterocycles. The lowest BCUT2D eigenvalue weighted by Crippen LogP contribution is -2.48. The van der Waals surface area contributed by atoms with E-state index >= 15 is 0 Å². The van der Waals surface area contributed by atoms with Crippen molar-refractivity contribution >= 4 is 30.6 Å². The minimum atomic E-state index is -0.212. The van der Waals surface area contributed by atoms with Crippen molar-refractivity contribution in [3.05, 3.63) is 107 Å². The fraction of sp³-hybridized carbons (Fsp3) is 0.345. The quantitative estimate of drug-likeness (QED) is 0.270. The molecule has 5 rings (SSSR count). The van der Waals surface area contributed by atoms with Gasteiger partial charge in [0.25, 0.3) is 0 Å². The molecule has 1 aliphatic rings. The van der Waals surface area contributed by atoms with Crippen molar-refractivity contribution < 1.29 is 4.39 Å². The van der Waals surface area contributed by atoms with Crippen LogP contribution in [0.25, 0.3) is 0 Å². The van der Waals surface area contributed by atoms with E-state index < -0.39 is 0 Å². The van der Waals surface area contributed by atoms with Crippen molar-refractivity contribution in [3.63, 3.8) is 0 Å². The van der Waals surface area contributed by atoms with E-state index in [1.54, 1.807) is 24.5 Å². The molecule has 1 aliphatic heterocycles. The lowest BCUT2D eigenvalue weighted by Gasteiger charge is -2.42. The molecular formula is C29H35Cl2FN6. The first-order valence-corrected chi connectivity index (χ1v) is 12.8. The predicted molar refractivity (Wildman–Crippen MR) is 155 cm³/mol. The second-order valence-corrected chi connectivity index (χ2v) is 9.27. The normalized spacial score (nSPS) is 15.6. The molecule has 1 unspecified atom stereocenters. The van der Waals surface area contributed by atoms with Crippen molar-refractivity contribution in [3.8, 4) is 0 Å². The van der Waals surface area contributed by atoms with Gasteiger partial charge in [-0.15, -0.1) is 24.8 Å². The zero-order valence-electron chi connectivity index (χ0n) is 21.8. The molecule has 0 radical (unpaired) electrons. The largest absolute Gasteiger partial charge is 0.352 e. The summed E-state index contributed by atoms with van der Waals surface area (Å²) in [4.78, 5) is 13.6. The summed E-state index contributed by atoms with van der Waals surface area (Å²) in [6, 6.07) is 17.6. The highest BCUT2D eigenvalue weighted by atomic mass is 35.5. The van der Waals surface area contributed by atoms with Gasteiger partial charge >= 0.3 is 0 Å². The second kappa shape index (κ2) is 13.7.